The zero-order chi connectivity index (χ0) is 16.8. The van der Waals surface area contributed by atoms with E-state index in [1.165, 1.54) is 17.5 Å². The molecular formula is C15H11N7OS. The van der Waals surface area contributed by atoms with Gasteiger partial charge in [-0.25, -0.2) is 0 Å². The van der Waals surface area contributed by atoms with Gasteiger partial charge in [-0.15, -0.1) is 21.5 Å². The molecule has 1 aromatic carbocycles. The van der Waals surface area contributed by atoms with Crippen molar-refractivity contribution in [2.45, 2.75) is 0 Å². The molecule has 0 aliphatic rings. The largest absolute Gasteiger partial charge is 0.360 e. The summed E-state index contributed by atoms with van der Waals surface area (Å²) in [7, 11) is 0. The maximum absolute atomic E-state index is 12.0. The monoisotopic (exact) mass is 337 g/mol. The van der Waals surface area contributed by atoms with Crippen LogP contribution in [0.15, 0.2) is 48.0 Å². The molecule has 0 fully saturated rings. The van der Waals surface area contributed by atoms with E-state index in [0.29, 0.717) is 10.6 Å². The van der Waals surface area contributed by atoms with Gasteiger partial charge in [0.15, 0.2) is 0 Å². The molecule has 0 unspecified atom stereocenters. The molecule has 0 aliphatic heterocycles. The fraction of sp³-hybridized carbons (Fsp3) is 0. The van der Waals surface area contributed by atoms with E-state index in [-0.39, 0.29) is 17.3 Å². The molecule has 0 bridgehead atoms. The lowest BCUT2D eigenvalue weighted by molar-refractivity contribution is 0.103. The van der Waals surface area contributed by atoms with E-state index in [9.17, 15) is 4.79 Å². The number of nitrogens with one attached hydrogen (secondary N) is 3. The Bertz CT molecular complexity index is 877. The Hall–Kier alpha value is -3.51. The molecule has 3 aromatic rings. The summed E-state index contributed by atoms with van der Waals surface area (Å²) in [6, 6.07) is 12.7. The lowest BCUT2D eigenvalue weighted by Gasteiger charge is -2.05. The molecule has 0 spiro atoms. The maximum atomic E-state index is 12.0. The molecule has 8 nitrogen and oxygen atoms in total. The molecule has 9 heteroatoms. The minimum atomic E-state index is -0.144. The summed E-state index contributed by atoms with van der Waals surface area (Å²) >= 11 is 1.38. The molecule has 0 atom stereocenters. The van der Waals surface area contributed by atoms with Crippen molar-refractivity contribution in [3.05, 3.63) is 58.7 Å². The van der Waals surface area contributed by atoms with Crippen LogP contribution >= 0.6 is 11.3 Å². The van der Waals surface area contributed by atoms with Crippen molar-refractivity contribution in [1.82, 2.24) is 20.6 Å². The summed E-state index contributed by atoms with van der Waals surface area (Å²) in [5.41, 5.74) is 1.68. The van der Waals surface area contributed by atoms with Crippen LogP contribution in [0.2, 0.25) is 0 Å². The van der Waals surface area contributed by atoms with Gasteiger partial charge in [0, 0.05) is 17.6 Å². The first-order valence-electron chi connectivity index (χ1n) is 6.82. The third-order valence-electron chi connectivity index (χ3n) is 2.98. The van der Waals surface area contributed by atoms with Crippen molar-refractivity contribution < 1.29 is 4.79 Å². The first-order chi connectivity index (χ1) is 11.8. The van der Waals surface area contributed by atoms with Crippen molar-refractivity contribution in [1.29, 1.82) is 5.26 Å². The Labute approximate surface area is 140 Å². The number of benzene rings is 1. The Balaban J connectivity index is 1.64. The normalized spacial score (nSPS) is 10.9. The summed E-state index contributed by atoms with van der Waals surface area (Å²) in [5, 5.41) is 29.9. The molecule has 3 rings (SSSR count). The van der Waals surface area contributed by atoms with E-state index in [1.807, 2.05) is 17.5 Å². The van der Waals surface area contributed by atoms with Crippen LogP contribution in [-0.4, -0.2) is 26.5 Å². The lowest BCUT2D eigenvalue weighted by atomic mass is 10.2. The Morgan fingerprint density at radius 3 is 2.67 bits per heavy atom. The van der Waals surface area contributed by atoms with Crippen LogP contribution in [0.5, 0.6) is 0 Å². The molecular weight excluding hydrogens is 326 g/mol. The van der Waals surface area contributed by atoms with Gasteiger partial charge in [-0.1, -0.05) is 6.07 Å². The molecule has 2 heterocycles. The number of H-pyrrole nitrogens is 1. The van der Waals surface area contributed by atoms with Gasteiger partial charge in [0.1, 0.15) is 11.6 Å². The van der Waals surface area contributed by atoms with E-state index >= 15 is 0 Å². The number of carbonyl (C=O) groups excluding carboxylic acids is 1. The van der Waals surface area contributed by atoms with Gasteiger partial charge in [-0.05, 0) is 40.9 Å². The predicted octanol–water partition coefficient (Wildman–Crippen LogP) is 2.49. The minimum absolute atomic E-state index is 0.144. The number of hydrogen-bond acceptors (Lipinski definition) is 7. The smallest absolute Gasteiger partial charge is 0.265 e. The van der Waals surface area contributed by atoms with Crippen molar-refractivity contribution in [2.75, 3.05) is 10.6 Å². The minimum Gasteiger partial charge on any atom is -0.360 e. The van der Waals surface area contributed by atoms with Crippen LogP contribution in [0, 0.1) is 11.3 Å². The van der Waals surface area contributed by atoms with E-state index < -0.39 is 0 Å². The van der Waals surface area contributed by atoms with Gasteiger partial charge in [-0.3, -0.25) is 4.79 Å². The lowest BCUT2D eigenvalue weighted by Crippen LogP contribution is -2.09. The fourth-order valence-corrected chi connectivity index (χ4v) is 2.45. The fourth-order valence-electron chi connectivity index (χ4n) is 1.83. The van der Waals surface area contributed by atoms with E-state index in [0.717, 1.165) is 5.69 Å². The van der Waals surface area contributed by atoms with E-state index in [4.69, 9.17) is 5.26 Å². The zero-order valence-corrected chi connectivity index (χ0v) is 13.0. The second-order valence-electron chi connectivity index (χ2n) is 4.56. The Morgan fingerprint density at radius 2 is 2.04 bits per heavy atom. The van der Waals surface area contributed by atoms with Gasteiger partial charge in [-0.2, -0.15) is 10.5 Å². The quantitative estimate of drug-likeness (QED) is 0.615. The van der Waals surface area contributed by atoms with E-state index in [2.05, 4.69) is 31.3 Å². The van der Waals surface area contributed by atoms with Crippen LogP contribution in [-0.2, 0) is 0 Å². The van der Waals surface area contributed by atoms with Crippen molar-refractivity contribution in [3.8, 4) is 6.07 Å². The summed E-state index contributed by atoms with van der Waals surface area (Å²) in [6.07, 6.45) is 1.49. The highest BCUT2D eigenvalue weighted by atomic mass is 32.1. The number of thiophene rings is 1. The van der Waals surface area contributed by atoms with Gasteiger partial charge < -0.3 is 10.6 Å². The summed E-state index contributed by atoms with van der Waals surface area (Å²) in [4.78, 5) is 12.6. The second kappa shape index (κ2) is 7.17. The molecule has 0 radical (unpaired) electrons. The molecule has 0 saturated heterocycles. The van der Waals surface area contributed by atoms with Crippen LogP contribution in [0.25, 0.3) is 5.57 Å². The van der Waals surface area contributed by atoms with Gasteiger partial charge in [0.2, 0.25) is 5.82 Å². The molecule has 24 heavy (non-hydrogen) atoms. The number of tetrazole rings is 1. The topological polar surface area (TPSA) is 119 Å². The van der Waals surface area contributed by atoms with Crippen molar-refractivity contribution in [3.63, 3.8) is 0 Å². The number of nitrogens with zero attached hydrogens (tertiary/aromatic N) is 4. The number of hydrogen-bond donors (Lipinski definition) is 3. The predicted molar refractivity (Wildman–Crippen MR) is 90.1 cm³/mol. The Morgan fingerprint density at radius 1 is 1.25 bits per heavy atom. The highest BCUT2D eigenvalue weighted by molar-refractivity contribution is 7.12. The highest BCUT2D eigenvalue weighted by Gasteiger charge is 2.07. The average Bonchev–Trinajstić information content (AvgIpc) is 3.31. The van der Waals surface area contributed by atoms with Gasteiger partial charge >= 0.3 is 0 Å². The number of anilines is 2. The average molecular weight is 337 g/mol. The van der Waals surface area contributed by atoms with Gasteiger partial charge in [0.05, 0.1) is 4.88 Å². The van der Waals surface area contributed by atoms with E-state index in [1.54, 1.807) is 30.3 Å². The van der Waals surface area contributed by atoms with Crippen LogP contribution in [0.3, 0.4) is 0 Å². The van der Waals surface area contributed by atoms with Crippen molar-refractivity contribution >= 4 is 34.2 Å². The Kier molecular flexibility index (Phi) is 4.60. The molecule has 3 N–H and O–H groups in total. The molecule has 2 aromatic heterocycles. The maximum Gasteiger partial charge on any atom is 0.265 e. The third kappa shape index (κ3) is 3.63. The van der Waals surface area contributed by atoms with Crippen LogP contribution in [0.1, 0.15) is 15.5 Å². The first kappa shape index (κ1) is 15.4. The molecule has 0 aliphatic carbocycles. The summed E-state index contributed by atoms with van der Waals surface area (Å²) in [6.45, 7) is 0. The number of amides is 1. The second-order valence-corrected chi connectivity index (χ2v) is 5.51. The SMILES string of the molecule is N#C/C(=C\Nc1ccc(NC(=O)c2cccs2)cc1)c1nn[nH]n1. The molecule has 1 amide bonds. The van der Waals surface area contributed by atoms with Crippen molar-refractivity contribution in [2.24, 2.45) is 0 Å². The number of carbonyl (C=O) groups is 1. The molecule has 118 valence electrons. The zero-order valence-electron chi connectivity index (χ0n) is 12.2. The van der Waals surface area contributed by atoms with Gasteiger partial charge in [0.25, 0.3) is 5.91 Å². The number of rotatable bonds is 5. The standard InChI is InChI=1S/C15H11N7OS/c16-8-10(14-19-21-22-20-14)9-17-11-3-5-12(6-4-11)18-15(23)13-2-1-7-24-13/h1-7,9,17H,(H,18,23)(H,19,20,21,22)/b10-9+. The van der Waals surface area contributed by atoms with Crippen LogP contribution < -0.4 is 10.6 Å². The molecule has 0 saturated carbocycles. The first-order valence-corrected chi connectivity index (χ1v) is 7.70. The number of aromatic nitrogens is 4. The summed E-state index contributed by atoms with van der Waals surface area (Å²) in [5.74, 6) is 0.0688. The third-order valence-corrected chi connectivity index (χ3v) is 3.85. The number of nitriles is 1. The highest BCUT2D eigenvalue weighted by Crippen LogP contribution is 2.17. The number of aromatic amines is 1. The number of allylic oxidation sites excluding steroid dienone is 1. The van der Waals surface area contributed by atoms with Crippen LogP contribution in [0.4, 0.5) is 11.4 Å². The summed E-state index contributed by atoms with van der Waals surface area (Å²) < 4.78 is 0.